The lowest BCUT2D eigenvalue weighted by molar-refractivity contribution is -0.143. The Balaban J connectivity index is 1.53. The summed E-state index contributed by atoms with van der Waals surface area (Å²) in [6.07, 6.45) is -2.77. The Hall–Kier alpha value is -2.26. The van der Waals surface area contributed by atoms with Gasteiger partial charge in [0.2, 0.25) is 0 Å². The van der Waals surface area contributed by atoms with Gasteiger partial charge in [0.25, 0.3) is 5.91 Å². The molecule has 0 spiro atoms. The zero-order valence-corrected chi connectivity index (χ0v) is 15.7. The average Bonchev–Trinajstić information content (AvgIpc) is 3.14. The predicted octanol–water partition coefficient (Wildman–Crippen LogP) is 3.36. The molecule has 1 aromatic carbocycles. The Morgan fingerprint density at radius 1 is 1.29 bits per heavy atom. The van der Waals surface area contributed by atoms with Gasteiger partial charge in [0, 0.05) is 29.4 Å². The van der Waals surface area contributed by atoms with E-state index in [1.807, 2.05) is 0 Å². The number of hydrogen-bond donors (Lipinski definition) is 1. The smallest absolute Gasteiger partial charge is 0.434 e. The van der Waals surface area contributed by atoms with Gasteiger partial charge < -0.3 is 14.7 Å². The lowest BCUT2D eigenvalue weighted by Gasteiger charge is -2.17. The standard InChI is InChI=1S/C19H19F3N2O3S/c20-19(21,22)18-16(2-1-8-23-18)28-15-7-9-24(10-15)17(26)12-27-14-5-3-13(11-25)4-6-14/h1-6,8,15,25H,7,9-12H2. The van der Waals surface area contributed by atoms with E-state index in [1.54, 1.807) is 29.2 Å². The van der Waals surface area contributed by atoms with Crippen molar-refractivity contribution in [3.05, 3.63) is 53.9 Å². The highest BCUT2D eigenvalue weighted by atomic mass is 32.2. The largest absolute Gasteiger partial charge is 0.484 e. The summed E-state index contributed by atoms with van der Waals surface area (Å²) < 4.78 is 44.7. The predicted molar refractivity (Wildman–Crippen MR) is 97.9 cm³/mol. The molecular formula is C19H19F3N2O3S. The molecule has 2 aromatic rings. The van der Waals surface area contributed by atoms with E-state index in [9.17, 15) is 18.0 Å². The Labute approximate surface area is 164 Å². The fourth-order valence-electron chi connectivity index (χ4n) is 2.86. The van der Waals surface area contributed by atoms with Gasteiger partial charge in [-0.15, -0.1) is 11.8 Å². The number of aromatic nitrogens is 1. The van der Waals surface area contributed by atoms with Gasteiger partial charge in [-0.05, 0) is 36.2 Å². The molecule has 1 amide bonds. The van der Waals surface area contributed by atoms with Crippen LogP contribution in [0, 0.1) is 0 Å². The van der Waals surface area contributed by atoms with Crippen molar-refractivity contribution in [2.75, 3.05) is 19.7 Å². The summed E-state index contributed by atoms with van der Waals surface area (Å²) in [5.74, 6) is 0.303. The third kappa shape index (κ3) is 5.17. The number of pyridine rings is 1. The monoisotopic (exact) mass is 412 g/mol. The fourth-order valence-corrected chi connectivity index (χ4v) is 4.13. The molecule has 1 saturated heterocycles. The van der Waals surface area contributed by atoms with Crippen molar-refractivity contribution >= 4 is 17.7 Å². The molecule has 1 aliphatic rings. The Morgan fingerprint density at radius 2 is 2.04 bits per heavy atom. The van der Waals surface area contributed by atoms with Crippen molar-refractivity contribution in [1.29, 1.82) is 0 Å². The van der Waals surface area contributed by atoms with Gasteiger partial charge >= 0.3 is 6.18 Å². The molecule has 2 heterocycles. The van der Waals surface area contributed by atoms with E-state index in [2.05, 4.69) is 4.98 Å². The van der Waals surface area contributed by atoms with E-state index in [0.29, 0.717) is 25.3 Å². The normalized spacial score (nSPS) is 17.0. The van der Waals surface area contributed by atoms with E-state index in [4.69, 9.17) is 9.84 Å². The number of alkyl halides is 3. The minimum Gasteiger partial charge on any atom is -0.484 e. The third-order valence-electron chi connectivity index (χ3n) is 4.30. The Morgan fingerprint density at radius 3 is 2.71 bits per heavy atom. The third-order valence-corrected chi connectivity index (χ3v) is 5.60. The molecular weight excluding hydrogens is 393 g/mol. The van der Waals surface area contributed by atoms with Crippen LogP contribution in [0.25, 0.3) is 0 Å². The van der Waals surface area contributed by atoms with Gasteiger partial charge in [-0.25, -0.2) is 0 Å². The molecule has 3 rings (SSSR count). The van der Waals surface area contributed by atoms with E-state index in [-0.39, 0.29) is 29.3 Å². The molecule has 0 aliphatic carbocycles. The van der Waals surface area contributed by atoms with Crippen LogP contribution in [0.4, 0.5) is 13.2 Å². The maximum atomic E-state index is 13.1. The first kappa shape index (κ1) is 20.5. The second-order valence-corrected chi connectivity index (χ2v) is 7.65. The maximum Gasteiger partial charge on any atom is 0.434 e. The van der Waals surface area contributed by atoms with E-state index < -0.39 is 11.9 Å². The van der Waals surface area contributed by atoms with Gasteiger partial charge in [-0.1, -0.05) is 12.1 Å². The quantitative estimate of drug-likeness (QED) is 0.788. The molecule has 1 aliphatic heterocycles. The lowest BCUT2D eigenvalue weighted by atomic mass is 10.2. The first-order valence-corrected chi connectivity index (χ1v) is 9.54. The summed E-state index contributed by atoms with van der Waals surface area (Å²) in [6.45, 7) is 0.628. The highest BCUT2D eigenvalue weighted by Crippen LogP contribution is 2.38. The zero-order chi connectivity index (χ0) is 20.1. The first-order chi connectivity index (χ1) is 13.4. The van der Waals surface area contributed by atoms with Crippen molar-refractivity contribution < 1.29 is 27.8 Å². The molecule has 0 radical (unpaired) electrons. The molecule has 1 aromatic heterocycles. The molecule has 0 bridgehead atoms. The summed E-state index contributed by atoms with van der Waals surface area (Å²) in [5, 5.41) is 8.89. The molecule has 1 fully saturated rings. The fraction of sp³-hybridized carbons (Fsp3) is 0.368. The number of rotatable bonds is 6. The van der Waals surface area contributed by atoms with Crippen LogP contribution in [0.3, 0.4) is 0 Å². The number of ether oxygens (including phenoxy) is 1. The zero-order valence-electron chi connectivity index (χ0n) is 14.9. The van der Waals surface area contributed by atoms with Crippen molar-refractivity contribution in [2.24, 2.45) is 0 Å². The number of carbonyl (C=O) groups excluding carboxylic acids is 1. The van der Waals surface area contributed by atoms with Crippen molar-refractivity contribution in [2.45, 2.75) is 29.3 Å². The Bertz CT molecular complexity index is 815. The van der Waals surface area contributed by atoms with E-state index in [0.717, 1.165) is 23.5 Å². The van der Waals surface area contributed by atoms with Crippen molar-refractivity contribution in [1.82, 2.24) is 9.88 Å². The van der Waals surface area contributed by atoms with Crippen molar-refractivity contribution in [3.63, 3.8) is 0 Å². The second-order valence-electron chi connectivity index (χ2n) is 6.31. The number of nitrogens with zero attached hydrogens (tertiary/aromatic N) is 2. The summed E-state index contributed by atoms with van der Waals surface area (Å²) >= 11 is 1.10. The lowest BCUT2D eigenvalue weighted by Crippen LogP contribution is -2.33. The second kappa shape index (κ2) is 8.83. The van der Waals surface area contributed by atoms with Crippen LogP contribution in [-0.4, -0.2) is 45.8 Å². The maximum absolute atomic E-state index is 13.1. The molecule has 1 N–H and O–H groups in total. The summed E-state index contributed by atoms with van der Waals surface area (Å²) in [7, 11) is 0. The summed E-state index contributed by atoms with van der Waals surface area (Å²) in [6, 6.07) is 9.63. The van der Waals surface area contributed by atoms with Gasteiger partial charge in [0.05, 0.1) is 6.61 Å². The molecule has 28 heavy (non-hydrogen) atoms. The minimum atomic E-state index is -4.50. The van der Waals surface area contributed by atoms with Crippen LogP contribution in [0.1, 0.15) is 17.7 Å². The number of likely N-dealkylation sites (tertiary alicyclic amines) is 1. The first-order valence-electron chi connectivity index (χ1n) is 8.66. The number of benzene rings is 1. The summed E-state index contributed by atoms with van der Waals surface area (Å²) in [5.41, 5.74) is -0.147. The van der Waals surface area contributed by atoms with Gasteiger partial charge in [0.1, 0.15) is 5.75 Å². The van der Waals surface area contributed by atoms with Gasteiger partial charge in [0.15, 0.2) is 12.3 Å². The highest BCUT2D eigenvalue weighted by Gasteiger charge is 2.37. The topological polar surface area (TPSA) is 62.7 Å². The Kier molecular flexibility index (Phi) is 6.46. The van der Waals surface area contributed by atoms with Crippen LogP contribution in [0.5, 0.6) is 5.75 Å². The number of amides is 1. The number of hydrogen-bond acceptors (Lipinski definition) is 5. The average molecular weight is 412 g/mol. The van der Waals surface area contributed by atoms with Crippen LogP contribution in [0.2, 0.25) is 0 Å². The van der Waals surface area contributed by atoms with E-state index >= 15 is 0 Å². The summed E-state index contributed by atoms with van der Waals surface area (Å²) in [4.78, 5) is 17.5. The minimum absolute atomic E-state index is 0.0704. The SMILES string of the molecule is O=C(COc1ccc(CO)cc1)N1CCC(Sc2cccnc2C(F)(F)F)C1. The number of halogens is 3. The van der Waals surface area contributed by atoms with Crippen LogP contribution in [0.15, 0.2) is 47.5 Å². The molecule has 150 valence electrons. The van der Waals surface area contributed by atoms with Gasteiger partial charge in [-0.3, -0.25) is 9.78 Å². The molecule has 9 heteroatoms. The van der Waals surface area contributed by atoms with Crippen LogP contribution < -0.4 is 4.74 Å². The van der Waals surface area contributed by atoms with Gasteiger partial charge in [-0.2, -0.15) is 13.2 Å². The molecule has 5 nitrogen and oxygen atoms in total. The van der Waals surface area contributed by atoms with Crippen LogP contribution >= 0.6 is 11.8 Å². The molecule has 1 atom stereocenters. The number of aliphatic hydroxyl groups excluding tert-OH is 1. The van der Waals surface area contributed by atoms with Crippen LogP contribution in [-0.2, 0) is 17.6 Å². The van der Waals surface area contributed by atoms with Crippen molar-refractivity contribution in [3.8, 4) is 5.75 Å². The highest BCUT2D eigenvalue weighted by molar-refractivity contribution is 8.00. The molecule has 1 unspecified atom stereocenters. The van der Waals surface area contributed by atoms with E-state index in [1.165, 1.54) is 12.1 Å². The molecule has 0 saturated carbocycles. The number of aliphatic hydroxyl groups is 1. The number of carbonyl (C=O) groups is 1. The number of thioether (sulfide) groups is 1.